The lowest BCUT2D eigenvalue weighted by Gasteiger charge is -2.36. The first kappa shape index (κ1) is 28.6. The van der Waals surface area contributed by atoms with Crippen LogP contribution in [0.3, 0.4) is 0 Å². The van der Waals surface area contributed by atoms with Gasteiger partial charge in [-0.05, 0) is 91.5 Å². The Morgan fingerprint density at radius 3 is 1.34 bits per heavy atom. The largest absolute Gasteiger partial charge is 0.310 e. The van der Waals surface area contributed by atoms with Crippen molar-refractivity contribution in [2.75, 3.05) is 4.90 Å². The van der Waals surface area contributed by atoms with Crippen LogP contribution in [0.25, 0.3) is 44.5 Å². The molecule has 2 aliphatic carbocycles. The zero-order chi connectivity index (χ0) is 33.1. The molecule has 0 fully saturated rings. The SMILES string of the molecule is c1ccc(-c2ccc(N(c3cccc(-c4ccccc4)c3)c3cccc4c3C3(c5ccccc5-c5ccccc53)c3ccccc3-4)cc2)cc1. The Labute approximate surface area is 293 Å². The van der Waals surface area contributed by atoms with E-state index in [1.165, 1.54) is 72.4 Å². The first-order chi connectivity index (χ1) is 24.8. The molecule has 0 radical (unpaired) electrons. The van der Waals surface area contributed by atoms with Gasteiger partial charge in [-0.15, -0.1) is 0 Å². The number of anilines is 3. The summed E-state index contributed by atoms with van der Waals surface area (Å²) in [5, 5.41) is 0. The van der Waals surface area contributed by atoms with Crippen LogP contribution in [-0.4, -0.2) is 0 Å². The number of rotatable bonds is 5. The molecule has 1 heteroatoms. The van der Waals surface area contributed by atoms with Crippen LogP contribution in [0.15, 0.2) is 200 Å². The number of hydrogen-bond donors (Lipinski definition) is 0. The van der Waals surface area contributed by atoms with Crippen molar-refractivity contribution in [1.82, 2.24) is 0 Å². The Kier molecular flexibility index (Phi) is 6.47. The molecule has 0 heterocycles. The summed E-state index contributed by atoms with van der Waals surface area (Å²) >= 11 is 0. The van der Waals surface area contributed by atoms with Crippen molar-refractivity contribution in [2.45, 2.75) is 5.41 Å². The van der Waals surface area contributed by atoms with Crippen LogP contribution >= 0.6 is 0 Å². The topological polar surface area (TPSA) is 3.24 Å². The van der Waals surface area contributed by atoms with E-state index in [4.69, 9.17) is 0 Å². The van der Waals surface area contributed by atoms with Crippen LogP contribution in [0.1, 0.15) is 22.3 Å². The number of fused-ring (bicyclic) bond motifs is 10. The fraction of sp³-hybridized carbons (Fsp3) is 0.0204. The molecular formula is C49H33N. The molecule has 0 unspecified atom stereocenters. The predicted molar refractivity (Wildman–Crippen MR) is 208 cm³/mol. The van der Waals surface area contributed by atoms with Gasteiger partial charge in [0, 0.05) is 16.9 Å². The van der Waals surface area contributed by atoms with E-state index in [0.717, 1.165) is 11.4 Å². The van der Waals surface area contributed by atoms with Gasteiger partial charge in [-0.3, -0.25) is 0 Å². The molecule has 2 aliphatic rings. The van der Waals surface area contributed by atoms with Gasteiger partial charge >= 0.3 is 0 Å². The van der Waals surface area contributed by atoms with E-state index >= 15 is 0 Å². The van der Waals surface area contributed by atoms with Crippen LogP contribution in [-0.2, 0) is 5.41 Å². The van der Waals surface area contributed by atoms with E-state index in [2.05, 4.69) is 205 Å². The maximum Gasteiger partial charge on any atom is 0.0746 e. The maximum absolute atomic E-state index is 2.48. The normalized spacial score (nSPS) is 13.0. The molecule has 0 bridgehead atoms. The highest BCUT2D eigenvalue weighted by Crippen LogP contribution is 2.65. The summed E-state index contributed by atoms with van der Waals surface area (Å²) in [6.07, 6.45) is 0. The Hall–Kier alpha value is -6.44. The minimum absolute atomic E-state index is 0.463. The minimum atomic E-state index is -0.463. The summed E-state index contributed by atoms with van der Waals surface area (Å²) in [6.45, 7) is 0. The van der Waals surface area contributed by atoms with E-state index in [9.17, 15) is 0 Å². The maximum atomic E-state index is 2.48. The monoisotopic (exact) mass is 635 g/mol. The van der Waals surface area contributed by atoms with Gasteiger partial charge in [-0.1, -0.05) is 170 Å². The van der Waals surface area contributed by atoms with Crippen LogP contribution < -0.4 is 4.90 Å². The Bertz CT molecular complexity index is 2470. The quantitative estimate of drug-likeness (QED) is 0.182. The average Bonchev–Trinajstić information content (AvgIpc) is 3.67. The molecule has 234 valence electrons. The van der Waals surface area contributed by atoms with Gasteiger partial charge in [-0.25, -0.2) is 0 Å². The number of hydrogen-bond acceptors (Lipinski definition) is 1. The zero-order valence-electron chi connectivity index (χ0n) is 27.5. The molecule has 8 aromatic rings. The summed E-state index contributed by atoms with van der Waals surface area (Å²) in [5.41, 5.74) is 18.3. The van der Waals surface area contributed by atoms with Gasteiger partial charge in [0.05, 0.1) is 11.1 Å². The van der Waals surface area contributed by atoms with E-state index in [-0.39, 0.29) is 0 Å². The second-order valence-electron chi connectivity index (χ2n) is 13.3. The first-order valence-corrected chi connectivity index (χ1v) is 17.4. The molecule has 0 atom stereocenters. The molecule has 0 amide bonds. The van der Waals surface area contributed by atoms with Crippen LogP contribution in [0.5, 0.6) is 0 Å². The van der Waals surface area contributed by atoms with Gasteiger partial charge < -0.3 is 4.90 Å². The lowest BCUT2D eigenvalue weighted by atomic mass is 9.70. The fourth-order valence-electron chi connectivity index (χ4n) is 8.64. The van der Waals surface area contributed by atoms with Crippen LogP contribution in [0.2, 0.25) is 0 Å². The molecule has 50 heavy (non-hydrogen) atoms. The third-order valence-electron chi connectivity index (χ3n) is 10.7. The Balaban J connectivity index is 1.27. The first-order valence-electron chi connectivity index (χ1n) is 17.4. The standard InChI is InChI=1S/C49H33N/c1-3-15-34(16-4-1)36-29-31-38(32-30-36)50(39-20-13-19-37(33-39)35-17-5-2-6-18-35)47-28-14-24-43-42-23-9-12-27-46(42)49(48(43)47)44-25-10-7-21-40(44)41-22-8-11-26-45(41)49/h1-33H. The zero-order valence-corrected chi connectivity index (χ0v) is 27.5. The molecule has 0 aliphatic heterocycles. The third-order valence-corrected chi connectivity index (χ3v) is 10.7. The lowest BCUT2D eigenvalue weighted by molar-refractivity contribution is 0.793. The molecule has 8 aromatic carbocycles. The van der Waals surface area contributed by atoms with Crippen molar-refractivity contribution in [3.63, 3.8) is 0 Å². The molecule has 0 aromatic heterocycles. The molecule has 1 nitrogen and oxygen atoms in total. The predicted octanol–water partition coefficient (Wildman–Crippen LogP) is 12.8. The van der Waals surface area contributed by atoms with Gasteiger partial charge in [0.25, 0.3) is 0 Å². The highest BCUT2D eigenvalue weighted by atomic mass is 15.1. The molecular weight excluding hydrogens is 603 g/mol. The van der Waals surface area contributed by atoms with Gasteiger partial charge in [0.15, 0.2) is 0 Å². The molecule has 0 saturated heterocycles. The Morgan fingerprint density at radius 2 is 0.740 bits per heavy atom. The van der Waals surface area contributed by atoms with E-state index < -0.39 is 5.41 Å². The summed E-state index contributed by atoms with van der Waals surface area (Å²) < 4.78 is 0. The molecule has 10 rings (SSSR count). The van der Waals surface area contributed by atoms with Crippen LogP contribution in [0.4, 0.5) is 17.1 Å². The molecule has 1 spiro atoms. The summed E-state index contributed by atoms with van der Waals surface area (Å²) in [6, 6.07) is 73.4. The van der Waals surface area contributed by atoms with Crippen LogP contribution in [0, 0.1) is 0 Å². The average molecular weight is 636 g/mol. The van der Waals surface area contributed by atoms with Gasteiger partial charge in [0.1, 0.15) is 0 Å². The minimum Gasteiger partial charge on any atom is -0.310 e. The number of nitrogens with zero attached hydrogens (tertiary/aromatic N) is 1. The van der Waals surface area contributed by atoms with Crippen molar-refractivity contribution in [1.29, 1.82) is 0 Å². The van der Waals surface area contributed by atoms with Crippen molar-refractivity contribution in [2.24, 2.45) is 0 Å². The Morgan fingerprint density at radius 1 is 0.300 bits per heavy atom. The molecule has 0 N–H and O–H groups in total. The van der Waals surface area contributed by atoms with Crippen molar-refractivity contribution in [3.8, 4) is 44.5 Å². The van der Waals surface area contributed by atoms with E-state index in [0.29, 0.717) is 0 Å². The summed E-state index contributed by atoms with van der Waals surface area (Å²) in [4.78, 5) is 2.48. The van der Waals surface area contributed by atoms with E-state index in [1.807, 2.05) is 0 Å². The third kappa shape index (κ3) is 4.14. The second kappa shape index (κ2) is 11.3. The van der Waals surface area contributed by atoms with Crippen molar-refractivity contribution >= 4 is 17.1 Å². The van der Waals surface area contributed by atoms with Crippen molar-refractivity contribution in [3.05, 3.63) is 222 Å². The fourth-order valence-corrected chi connectivity index (χ4v) is 8.64. The van der Waals surface area contributed by atoms with Crippen molar-refractivity contribution < 1.29 is 0 Å². The summed E-state index contributed by atoms with van der Waals surface area (Å²) in [7, 11) is 0. The smallest absolute Gasteiger partial charge is 0.0746 e. The highest BCUT2D eigenvalue weighted by molar-refractivity contribution is 5.99. The van der Waals surface area contributed by atoms with Gasteiger partial charge in [0.2, 0.25) is 0 Å². The van der Waals surface area contributed by atoms with Gasteiger partial charge in [-0.2, -0.15) is 0 Å². The molecule has 0 saturated carbocycles. The highest BCUT2D eigenvalue weighted by Gasteiger charge is 2.53. The number of benzene rings is 8. The second-order valence-corrected chi connectivity index (χ2v) is 13.3. The van der Waals surface area contributed by atoms with E-state index in [1.54, 1.807) is 0 Å². The summed E-state index contributed by atoms with van der Waals surface area (Å²) in [5.74, 6) is 0. The lowest BCUT2D eigenvalue weighted by Crippen LogP contribution is -2.28.